The zero-order valence-electron chi connectivity index (χ0n) is 10.5. The van der Waals surface area contributed by atoms with Crippen molar-refractivity contribution in [3.05, 3.63) is 0 Å². The summed E-state index contributed by atoms with van der Waals surface area (Å²) in [5, 5.41) is 3.24. The van der Waals surface area contributed by atoms with Crippen LogP contribution in [0.15, 0.2) is 0 Å². The van der Waals surface area contributed by atoms with Gasteiger partial charge in [-0.05, 0) is 38.5 Å². The molecular weight excluding hydrogens is 216 g/mol. The molecular formula is C13H22N2O2. The average Bonchev–Trinajstić information content (AvgIpc) is 3.21. The lowest BCUT2D eigenvalue weighted by molar-refractivity contribution is -0.148. The number of carbonyl (C=O) groups excluding carboxylic acids is 1. The molecule has 96 valence electrons. The third-order valence-electron chi connectivity index (χ3n) is 4.14. The molecule has 3 rings (SSSR count). The van der Waals surface area contributed by atoms with Gasteiger partial charge in [0, 0.05) is 25.2 Å². The van der Waals surface area contributed by atoms with E-state index in [0.29, 0.717) is 25.2 Å². The summed E-state index contributed by atoms with van der Waals surface area (Å²) >= 11 is 0. The molecule has 4 nitrogen and oxygen atoms in total. The van der Waals surface area contributed by atoms with Crippen LogP contribution < -0.4 is 5.32 Å². The molecule has 3 aliphatic rings. The van der Waals surface area contributed by atoms with Crippen LogP contribution in [-0.4, -0.2) is 48.7 Å². The number of ether oxygens (including phenoxy) is 1. The lowest BCUT2D eigenvalue weighted by atomic mass is 10.1. The van der Waals surface area contributed by atoms with Gasteiger partial charge in [0.05, 0.1) is 6.61 Å². The summed E-state index contributed by atoms with van der Waals surface area (Å²) in [6.07, 6.45) is 4.71. The van der Waals surface area contributed by atoms with Crippen LogP contribution in [-0.2, 0) is 9.53 Å². The molecule has 1 heterocycles. The van der Waals surface area contributed by atoms with Crippen molar-refractivity contribution < 1.29 is 9.53 Å². The fraction of sp³-hybridized carbons (Fsp3) is 0.923. The largest absolute Gasteiger partial charge is 0.366 e. The molecule has 2 saturated carbocycles. The molecule has 2 atom stereocenters. The van der Waals surface area contributed by atoms with Crippen LogP contribution in [0.2, 0.25) is 0 Å². The maximum absolute atomic E-state index is 12.5. The molecule has 0 aromatic heterocycles. The van der Waals surface area contributed by atoms with E-state index in [1.165, 1.54) is 25.7 Å². The number of nitrogens with one attached hydrogen (secondary N) is 1. The molecule has 1 amide bonds. The van der Waals surface area contributed by atoms with Crippen molar-refractivity contribution in [3.8, 4) is 0 Å². The third kappa shape index (κ3) is 2.47. The van der Waals surface area contributed by atoms with Crippen molar-refractivity contribution in [1.82, 2.24) is 10.2 Å². The van der Waals surface area contributed by atoms with E-state index in [0.717, 1.165) is 12.5 Å². The molecule has 4 heteroatoms. The van der Waals surface area contributed by atoms with Gasteiger partial charge in [0.25, 0.3) is 5.91 Å². The molecule has 0 aromatic carbocycles. The lowest BCUT2D eigenvalue weighted by Gasteiger charge is -2.34. The minimum absolute atomic E-state index is 0.221. The molecule has 17 heavy (non-hydrogen) atoms. The van der Waals surface area contributed by atoms with E-state index in [9.17, 15) is 4.79 Å². The van der Waals surface area contributed by atoms with Gasteiger partial charge in [-0.1, -0.05) is 0 Å². The molecule has 0 bridgehead atoms. The second-order valence-corrected chi connectivity index (χ2v) is 5.62. The Labute approximate surface area is 103 Å². The number of amides is 1. The molecule has 3 fully saturated rings. The number of morpholine rings is 1. The van der Waals surface area contributed by atoms with Gasteiger partial charge in [-0.3, -0.25) is 4.79 Å². The predicted molar refractivity (Wildman–Crippen MR) is 64.7 cm³/mol. The number of rotatable bonds is 4. The first-order valence-corrected chi connectivity index (χ1v) is 6.92. The average molecular weight is 238 g/mol. The fourth-order valence-corrected chi connectivity index (χ4v) is 2.76. The highest BCUT2D eigenvalue weighted by Crippen LogP contribution is 2.40. The summed E-state index contributed by atoms with van der Waals surface area (Å²) in [6, 6.07) is 0.921. The number of carbonyl (C=O) groups is 1. The van der Waals surface area contributed by atoms with Gasteiger partial charge in [-0.2, -0.15) is 0 Å². The summed E-state index contributed by atoms with van der Waals surface area (Å²) in [7, 11) is 0. The van der Waals surface area contributed by atoms with Crippen LogP contribution in [0.25, 0.3) is 0 Å². The Kier molecular flexibility index (Phi) is 3.09. The summed E-state index contributed by atoms with van der Waals surface area (Å²) in [5.41, 5.74) is 0. The Morgan fingerprint density at radius 2 is 2.12 bits per heavy atom. The van der Waals surface area contributed by atoms with E-state index in [4.69, 9.17) is 4.74 Å². The van der Waals surface area contributed by atoms with Crippen molar-refractivity contribution >= 4 is 5.91 Å². The summed E-state index contributed by atoms with van der Waals surface area (Å²) in [5.74, 6) is 0.968. The minimum atomic E-state index is -0.245. The van der Waals surface area contributed by atoms with Crippen LogP contribution in [0.3, 0.4) is 0 Å². The van der Waals surface area contributed by atoms with Crippen LogP contribution in [0.4, 0.5) is 0 Å². The van der Waals surface area contributed by atoms with Crippen molar-refractivity contribution in [3.63, 3.8) is 0 Å². The Bertz CT molecular complexity index is 294. The SMILES string of the molecule is CC(C1CC1)N(C(=O)C1CNCCO1)C1CC1. The van der Waals surface area contributed by atoms with Crippen molar-refractivity contribution in [2.24, 2.45) is 5.92 Å². The Balaban J connectivity index is 1.66. The van der Waals surface area contributed by atoms with Crippen molar-refractivity contribution in [2.75, 3.05) is 19.7 Å². The summed E-state index contributed by atoms with van der Waals surface area (Å²) in [6.45, 7) is 4.42. The number of hydrogen-bond acceptors (Lipinski definition) is 3. The molecule has 1 saturated heterocycles. The van der Waals surface area contributed by atoms with E-state index in [-0.39, 0.29) is 12.0 Å². The first-order valence-electron chi connectivity index (χ1n) is 6.92. The van der Waals surface area contributed by atoms with Crippen molar-refractivity contribution in [1.29, 1.82) is 0 Å². The molecule has 2 unspecified atom stereocenters. The normalized spacial score (nSPS) is 31.0. The maximum atomic E-state index is 12.5. The Hall–Kier alpha value is -0.610. The standard InChI is InChI=1S/C13H22N2O2/c1-9(10-2-3-10)15(11-4-5-11)13(16)12-8-14-6-7-17-12/h9-12,14H,2-8H2,1H3. The van der Waals surface area contributed by atoms with E-state index in [1.54, 1.807) is 0 Å². The predicted octanol–water partition coefficient (Wildman–Crippen LogP) is 0.764. The highest BCUT2D eigenvalue weighted by Gasteiger charge is 2.43. The topological polar surface area (TPSA) is 41.6 Å². The number of hydrogen-bond donors (Lipinski definition) is 1. The number of nitrogens with zero attached hydrogens (tertiary/aromatic N) is 1. The van der Waals surface area contributed by atoms with Crippen LogP contribution in [0.1, 0.15) is 32.6 Å². The van der Waals surface area contributed by atoms with Gasteiger partial charge in [-0.15, -0.1) is 0 Å². The third-order valence-corrected chi connectivity index (χ3v) is 4.14. The molecule has 0 aromatic rings. The highest BCUT2D eigenvalue weighted by molar-refractivity contribution is 5.82. The first kappa shape index (κ1) is 11.5. The Morgan fingerprint density at radius 3 is 2.65 bits per heavy atom. The molecule has 1 N–H and O–H groups in total. The van der Waals surface area contributed by atoms with Crippen LogP contribution >= 0.6 is 0 Å². The summed E-state index contributed by atoms with van der Waals surface area (Å²) in [4.78, 5) is 14.6. The second kappa shape index (κ2) is 4.58. The second-order valence-electron chi connectivity index (χ2n) is 5.62. The zero-order chi connectivity index (χ0) is 11.8. The van der Waals surface area contributed by atoms with Crippen LogP contribution in [0, 0.1) is 5.92 Å². The maximum Gasteiger partial charge on any atom is 0.253 e. The molecule has 0 radical (unpaired) electrons. The molecule has 1 aliphatic heterocycles. The van der Waals surface area contributed by atoms with Gasteiger partial charge in [0.2, 0.25) is 0 Å². The van der Waals surface area contributed by atoms with Gasteiger partial charge >= 0.3 is 0 Å². The summed E-state index contributed by atoms with van der Waals surface area (Å²) < 4.78 is 5.60. The monoisotopic (exact) mass is 238 g/mol. The fourth-order valence-electron chi connectivity index (χ4n) is 2.76. The van der Waals surface area contributed by atoms with E-state index < -0.39 is 0 Å². The minimum Gasteiger partial charge on any atom is -0.366 e. The first-order chi connectivity index (χ1) is 8.27. The molecule has 2 aliphatic carbocycles. The van der Waals surface area contributed by atoms with E-state index in [2.05, 4.69) is 17.1 Å². The van der Waals surface area contributed by atoms with Gasteiger partial charge in [0.1, 0.15) is 6.10 Å². The molecule has 0 spiro atoms. The van der Waals surface area contributed by atoms with Crippen molar-refractivity contribution in [2.45, 2.75) is 50.8 Å². The lowest BCUT2D eigenvalue weighted by Crippen LogP contribution is -2.53. The van der Waals surface area contributed by atoms with E-state index in [1.807, 2.05) is 0 Å². The van der Waals surface area contributed by atoms with Gasteiger partial charge in [0.15, 0.2) is 0 Å². The smallest absolute Gasteiger partial charge is 0.253 e. The van der Waals surface area contributed by atoms with Crippen LogP contribution in [0.5, 0.6) is 0 Å². The highest BCUT2D eigenvalue weighted by atomic mass is 16.5. The zero-order valence-corrected chi connectivity index (χ0v) is 10.5. The van der Waals surface area contributed by atoms with Gasteiger partial charge in [-0.25, -0.2) is 0 Å². The quantitative estimate of drug-likeness (QED) is 0.786. The van der Waals surface area contributed by atoms with Gasteiger partial charge < -0.3 is 15.0 Å². The van der Waals surface area contributed by atoms with E-state index >= 15 is 0 Å². The Morgan fingerprint density at radius 1 is 1.35 bits per heavy atom.